The SMILES string of the molecule is CNCc1ccc(OC)c(CN(CCOC)C(C)C)c1. The highest BCUT2D eigenvalue weighted by atomic mass is 16.5. The van der Waals surface area contributed by atoms with Crippen molar-refractivity contribution in [3.05, 3.63) is 29.3 Å². The molecule has 4 nitrogen and oxygen atoms in total. The number of nitrogens with one attached hydrogen (secondary N) is 1. The molecule has 1 aromatic carbocycles. The van der Waals surface area contributed by atoms with Crippen molar-refractivity contribution in [3.63, 3.8) is 0 Å². The summed E-state index contributed by atoms with van der Waals surface area (Å²) in [6, 6.07) is 6.85. The smallest absolute Gasteiger partial charge is 0.123 e. The van der Waals surface area contributed by atoms with Crippen molar-refractivity contribution in [1.82, 2.24) is 10.2 Å². The van der Waals surface area contributed by atoms with Gasteiger partial charge < -0.3 is 14.8 Å². The molecule has 0 aliphatic carbocycles. The van der Waals surface area contributed by atoms with Crippen LogP contribution in [0.15, 0.2) is 18.2 Å². The van der Waals surface area contributed by atoms with Gasteiger partial charge in [-0.3, -0.25) is 4.90 Å². The topological polar surface area (TPSA) is 33.7 Å². The number of nitrogens with zero attached hydrogens (tertiary/aromatic N) is 1. The largest absolute Gasteiger partial charge is 0.496 e. The minimum Gasteiger partial charge on any atom is -0.496 e. The lowest BCUT2D eigenvalue weighted by Crippen LogP contribution is -2.33. The first kappa shape index (κ1) is 17.0. The summed E-state index contributed by atoms with van der Waals surface area (Å²) in [7, 11) is 5.43. The molecule has 20 heavy (non-hydrogen) atoms. The van der Waals surface area contributed by atoms with Gasteiger partial charge in [0, 0.05) is 38.3 Å². The molecule has 0 bridgehead atoms. The van der Waals surface area contributed by atoms with Gasteiger partial charge in [-0.05, 0) is 38.6 Å². The second-order valence-corrected chi connectivity index (χ2v) is 5.23. The van der Waals surface area contributed by atoms with E-state index in [0.717, 1.165) is 32.0 Å². The molecule has 1 rings (SSSR count). The van der Waals surface area contributed by atoms with Crippen molar-refractivity contribution in [1.29, 1.82) is 0 Å². The van der Waals surface area contributed by atoms with Gasteiger partial charge in [-0.2, -0.15) is 0 Å². The molecule has 1 N–H and O–H groups in total. The van der Waals surface area contributed by atoms with Crippen molar-refractivity contribution in [2.45, 2.75) is 33.0 Å². The summed E-state index contributed by atoms with van der Waals surface area (Å²) in [4.78, 5) is 2.39. The lowest BCUT2D eigenvalue weighted by Gasteiger charge is -2.27. The fraction of sp³-hybridized carbons (Fsp3) is 0.625. The maximum absolute atomic E-state index is 5.49. The maximum atomic E-state index is 5.49. The molecular weight excluding hydrogens is 252 g/mol. The highest BCUT2D eigenvalue weighted by Crippen LogP contribution is 2.22. The van der Waals surface area contributed by atoms with Gasteiger partial charge in [-0.15, -0.1) is 0 Å². The van der Waals surface area contributed by atoms with E-state index in [1.807, 2.05) is 7.05 Å². The highest BCUT2D eigenvalue weighted by molar-refractivity contribution is 5.37. The first-order valence-corrected chi connectivity index (χ1v) is 7.15. The first-order valence-electron chi connectivity index (χ1n) is 7.15. The van der Waals surface area contributed by atoms with Crippen molar-refractivity contribution in [2.24, 2.45) is 0 Å². The Labute approximate surface area is 123 Å². The van der Waals surface area contributed by atoms with E-state index in [1.165, 1.54) is 11.1 Å². The number of hydrogen-bond donors (Lipinski definition) is 1. The minimum absolute atomic E-state index is 0.475. The molecule has 0 heterocycles. The standard InChI is InChI=1S/C16H28N2O2/c1-13(2)18(8-9-19-4)12-15-10-14(11-17-3)6-7-16(15)20-5/h6-7,10,13,17H,8-9,11-12H2,1-5H3. The summed E-state index contributed by atoms with van der Waals surface area (Å²) in [5, 5.41) is 3.18. The summed E-state index contributed by atoms with van der Waals surface area (Å²) >= 11 is 0. The molecule has 0 unspecified atom stereocenters. The van der Waals surface area contributed by atoms with E-state index in [0.29, 0.717) is 6.04 Å². The zero-order valence-electron chi connectivity index (χ0n) is 13.4. The lowest BCUT2D eigenvalue weighted by atomic mass is 10.1. The van der Waals surface area contributed by atoms with Gasteiger partial charge in [0.05, 0.1) is 13.7 Å². The van der Waals surface area contributed by atoms with Crippen LogP contribution in [-0.4, -0.2) is 45.4 Å². The number of hydrogen-bond acceptors (Lipinski definition) is 4. The summed E-state index contributed by atoms with van der Waals surface area (Å²) in [6.45, 7) is 7.84. The molecule has 0 radical (unpaired) electrons. The Morgan fingerprint density at radius 1 is 1.25 bits per heavy atom. The van der Waals surface area contributed by atoms with Gasteiger partial charge in [-0.1, -0.05) is 6.07 Å². The molecule has 0 atom stereocenters. The highest BCUT2D eigenvalue weighted by Gasteiger charge is 2.13. The second-order valence-electron chi connectivity index (χ2n) is 5.23. The number of methoxy groups -OCH3 is 2. The van der Waals surface area contributed by atoms with E-state index in [1.54, 1.807) is 14.2 Å². The van der Waals surface area contributed by atoms with Crippen LogP contribution in [0.5, 0.6) is 5.75 Å². The van der Waals surface area contributed by atoms with Crippen molar-refractivity contribution in [2.75, 3.05) is 34.4 Å². The Morgan fingerprint density at radius 2 is 2.00 bits per heavy atom. The summed E-state index contributed by atoms with van der Waals surface area (Å²) in [5.74, 6) is 0.952. The van der Waals surface area contributed by atoms with Crippen LogP contribution in [0.1, 0.15) is 25.0 Å². The Balaban J connectivity index is 2.87. The molecule has 0 saturated carbocycles. The molecule has 0 fully saturated rings. The molecule has 114 valence electrons. The quantitative estimate of drug-likeness (QED) is 0.752. The zero-order chi connectivity index (χ0) is 15.0. The van der Waals surface area contributed by atoms with Crippen LogP contribution >= 0.6 is 0 Å². The van der Waals surface area contributed by atoms with Crippen molar-refractivity contribution < 1.29 is 9.47 Å². The molecule has 0 spiro atoms. The van der Waals surface area contributed by atoms with Crippen molar-refractivity contribution >= 4 is 0 Å². The normalized spacial score (nSPS) is 11.3. The molecule has 0 amide bonds. The minimum atomic E-state index is 0.475. The Morgan fingerprint density at radius 3 is 2.55 bits per heavy atom. The Kier molecular flexibility index (Phi) is 7.59. The maximum Gasteiger partial charge on any atom is 0.123 e. The predicted molar refractivity (Wildman–Crippen MR) is 83.2 cm³/mol. The van der Waals surface area contributed by atoms with E-state index in [9.17, 15) is 0 Å². The van der Waals surface area contributed by atoms with Crippen LogP contribution in [0.2, 0.25) is 0 Å². The van der Waals surface area contributed by atoms with Crippen LogP contribution in [0.25, 0.3) is 0 Å². The van der Waals surface area contributed by atoms with Crippen LogP contribution in [-0.2, 0) is 17.8 Å². The van der Waals surface area contributed by atoms with Gasteiger partial charge in [0.2, 0.25) is 0 Å². The molecule has 4 heteroatoms. The summed E-state index contributed by atoms with van der Waals surface area (Å²) < 4.78 is 10.7. The third-order valence-electron chi connectivity index (χ3n) is 3.41. The average molecular weight is 280 g/mol. The third-order valence-corrected chi connectivity index (χ3v) is 3.41. The predicted octanol–water partition coefficient (Wildman–Crippen LogP) is 2.27. The van der Waals surface area contributed by atoms with Crippen molar-refractivity contribution in [3.8, 4) is 5.75 Å². The van der Waals surface area contributed by atoms with E-state index in [2.05, 4.69) is 42.3 Å². The molecule has 0 saturated heterocycles. The summed E-state index contributed by atoms with van der Waals surface area (Å²) in [5.41, 5.74) is 2.50. The average Bonchev–Trinajstić information content (AvgIpc) is 2.43. The van der Waals surface area contributed by atoms with Gasteiger partial charge in [0.1, 0.15) is 5.75 Å². The van der Waals surface area contributed by atoms with E-state index in [-0.39, 0.29) is 0 Å². The molecular formula is C16H28N2O2. The third kappa shape index (κ3) is 5.12. The van der Waals surface area contributed by atoms with Gasteiger partial charge in [0.25, 0.3) is 0 Å². The van der Waals surface area contributed by atoms with Crippen LogP contribution in [0.3, 0.4) is 0 Å². The number of benzene rings is 1. The molecule has 0 aliphatic rings. The monoisotopic (exact) mass is 280 g/mol. The zero-order valence-corrected chi connectivity index (χ0v) is 13.4. The van der Waals surface area contributed by atoms with Gasteiger partial charge >= 0.3 is 0 Å². The van der Waals surface area contributed by atoms with E-state index in [4.69, 9.17) is 9.47 Å². The first-order chi connectivity index (χ1) is 9.62. The van der Waals surface area contributed by atoms with Crippen LogP contribution < -0.4 is 10.1 Å². The number of rotatable bonds is 9. The fourth-order valence-corrected chi connectivity index (χ4v) is 2.22. The Bertz CT molecular complexity index is 394. The van der Waals surface area contributed by atoms with E-state index >= 15 is 0 Å². The van der Waals surface area contributed by atoms with E-state index < -0.39 is 0 Å². The van der Waals surface area contributed by atoms with Gasteiger partial charge in [0.15, 0.2) is 0 Å². The Hall–Kier alpha value is -1.10. The number of ether oxygens (including phenoxy) is 2. The summed E-state index contributed by atoms with van der Waals surface area (Å²) in [6.07, 6.45) is 0. The van der Waals surface area contributed by atoms with Crippen LogP contribution in [0.4, 0.5) is 0 Å². The fourth-order valence-electron chi connectivity index (χ4n) is 2.22. The molecule has 0 aromatic heterocycles. The molecule has 1 aromatic rings. The van der Waals surface area contributed by atoms with Gasteiger partial charge in [-0.25, -0.2) is 0 Å². The molecule has 0 aliphatic heterocycles. The second kappa shape index (κ2) is 8.95. The van der Waals surface area contributed by atoms with Crippen LogP contribution in [0, 0.1) is 0 Å². The lowest BCUT2D eigenvalue weighted by molar-refractivity contribution is 0.124.